The van der Waals surface area contributed by atoms with Gasteiger partial charge in [-0.05, 0) is 36.8 Å². The number of rotatable bonds is 5. The second kappa shape index (κ2) is 6.46. The van der Waals surface area contributed by atoms with Crippen LogP contribution in [0, 0.1) is 21.4 Å². The molecule has 0 unspecified atom stereocenters. The van der Waals surface area contributed by atoms with Crippen LogP contribution < -0.4 is 14.4 Å². The van der Waals surface area contributed by atoms with Crippen LogP contribution in [0.2, 0.25) is 0 Å². The summed E-state index contributed by atoms with van der Waals surface area (Å²) in [7, 11) is 0. The number of hydrogen-bond acceptors (Lipinski definition) is 6. The minimum atomic E-state index is -0.432. The lowest BCUT2D eigenvalue weighted by Crippen LogP contribution is -2.23. The van der Waals surface area contributed by atoms with Crippen LogP contribution >= 0.6 is 0 Å². The first-order chi connectivity index (χ1) is 11.6. The zero-order valence-electron chi connectivity index (χ0n) is 13.1. The zero-order valence-corrected chi connectivity index (χ0v) is 13.1. The molecule has 1 heterocycles. The number of hydrogen-bond donors (Lipinski definition) is 0. The Morgan fingerprint density at radius 2 is 2.04 bits per heavy atom. The Morgan fingerprint density at radius 3 is 2.75 bits per heavy atom. The monoisotopic (exact) mass is 325 g/mol. The van der Waals surface area contributed by atoms with Crippen molar-refractivity contribution in [2.24, 2.45) is 0 Å². The maximum absolute atomic E-state index is 11.3. The first-order valence-corrected chi connectivity index (χ1v) is 7.44. The topological polar surface area (TPSA) is 88.6 Å². The van der Waals surface area contributed by atoms with E-state index < -0.39 is 4.92 Å². The Morgan fingerprint density at radius 1 is 1.25 bits per heavy atom. The van der Waals surface area contributed by atoms with Crippen molar-refractivity contribution in [3.63, 3.8) is 0 Å². The van der Waals surface area contributed by atoms with Crippen LogP contribution in [0.1, 0.15) is 18.1 Å². The Bertz CT molecular complexity index is 829. The van der Waals surface area contributed by atoms with E-state index in [4.69, 9.17) is 14.7 Å². The Hall–Kier alpha value is -3.27. The van der Waals surface area contributed by atoms with Gasteiger partial charge in [0.1, 0.15) is 5.69 Å². The summed E-state index contributed by atoms with van der Waals surface area (Å²) in [6.07, 6.45) is 0. The lowest BCUT2D eigenvalue weighted by Gasteiger charge is -2.23. The van der Waals surface area contributed by atoms with Gasteiger partial charge in [0.2, 0.25) is 6.79 Å². The standard InChI is InChI=1S/C17H15N3O4/c1-2-19(10-13-4-6-16-17(8-13)24-11-23-16)15-7-12(9-18)3-5-14(15)20(21)22/h3-8H,2,10-11H2,1H3. The molecule has 0 amide bonds. The number of anilines is 1. The number of nitriles is 1. The van der Waals surface area contributed by atoms with Crippen molar-refractivity contribution >= 4 is 11.4 Å². The fraction of sp³-hybridized carbons (Fsp3) is 0.235. The summed E-state index contributed by atoms with van der Waals surface area (Å²) in [5, 5.41) is 20.4. The summed E-state index contributed by atoms with van der Waals surface area (Å²) in [5.41, 5.74) is 1.74. The molecule has 0 aliphatic carbocycles. The molecular formula is C17H15N3O4. The Kier molecular flexibility index (Phi) is 4.20. The predicted octanol–water partition coefficient (Wildman–Crippen LogP) is 3.22. The van der Waals surface area contributed by atoms with Crippen LogP contribution in [0.15, 0.2) is 36.4 Å². The van der Waals surface area contributed by atoms with Gasteiger partial charge in [-0.3, -0.25) is 10.1 Å². The van der Waals surface area contributed by atoms with Gasteiger partial charge in [-0.2, -0.15) is 5.26 Å². The molecule has 0 aromatic heterocycles. The molecule has 0 N–H and O–H groups in total. The smallest absolute Gasteiger partial charge is 0.292 e. The third kappa shape index (κ3) is 2.94. The van der Waals surface area contributed by atoms with Gasteiger partial charge in [-0.25, -0.2) is 0 Å². The summed E-state index contributed by atoms with van der Waals surface area (Å²) < 4.78 is 10.7. The van der Waals surface area contributed by atoms with Crippen molar-refractivity contribution in [1.82, 2.24) is 0 Å². The molecule has 2 aromatic rings. The minimum absolute atomic E-state index is 0.0170. The van der Waals surface area contributed by atoms with Gasteiger partial charge in [-0.1, -0.05) is 6.07 Å². The van der Waals surface area contributed by atoms with E-state index >= 15 is 0 Å². The molecule has 0 bridgehead atoms. The molecule has 0 radical (unpaired) electrons. The fourth-order valence-corrected chi connectivity index (χ4v) is 2.63. The summed E-state index contributed by atoms with van der Waals surface area (Å²) in [5.74, 6) is 1.36. The highest BCUT2D eigenvalue weighted by Crippen LogP contribution is 2.34. The minimum Gasteiger partial charge on any atom is -0.454 e. The highest BCUT2D eigenvalue weighted by Gasteiger charge is 2.20. The van der Waals surface area contributed by atoms with Gasteiger partial charge in [0, 0.05) is 19.2 Å². The van der Waals surface area contributed by atoms with Crippen molar-refractivity contribution in [2.45, 2.75) is 13.5 Å². The van der Waals surface area contributed by atoms with Crippen LogP contribution in [-0.2, 0) is 6.54 Å². The summed E-state index contributed by atoms with van der Waals surface area (Å²) >= 11 is 0. The SMILES string of the molecule is CCN(Cc1ccc2c(c1)OCO2)c1cc(C#N)ccc1[N+](=O)[O-]. The van der Waals surface area contributed by atoms with E-state index in [9.17, 15) is 10.1 Å². The van der Waals surface area contributed by atoms with Crippen molar-refractivity contribution in [1.29, 1.82) is 5.26 Å². The third-order valence-corrected chi connectivity index (χ3v) is 3.83. The van der Waals surface area contributed by atoms with E-state index in [0.29, 0.717) is 35.8 Å². The molecule has 3 rings (SSSR count). The van der Waals surface area contributed by atoms with Crippen LogP contribution in [0.25, 0.3) is 0 Å². The maximum Gasteiger partial charge on any atom is 0.292 e. The number of benzene rings is 2. The molecule has 2 aromatic carbocycles. The highest BCUT2D eigenvalue weighted by atomic mass is 16.7. The van der Waals surface area contributed by atoms with E-state index in [1.54, 1.807) is 6.07 Å². The zero-order chi connectivity index (χ0) is 17.1. The molecule has 7 heteroatoms. The molecule has 0 atom stereocenters. The second-order valence-corrected chi connectivity index (χ2v) is 5.27. The van der Waals surface area contributed by atoms with Crippen molar-refractivity contribution in [3.05, 3.63) is 57.6 Å². The Balaban J connectivity index is 1.94. The predicted molar refractivity (Wildman–Crippen MR) is 87.1 cm³/mol. The second-order valence-electron chi connectivity index (χ2n) is 5.27. The molecule has 0 spiro atoms. The van der Waals surface area contributed by atoms with Crippen LogP contribution in [0.4, 0.5) is 11.4 Å². The first kappa shape index (κ1) is 15.6. The van der Waals surface area contributed by atoms with Crippen molar-refractivity contribution < 1.29 is 14.4 Å². The highest BCUT2D eigenvalue weighted by molar-refractivity contribution is 5.66. The summed E-state index contributed by atoms with van der Waals surface area (Å²) in [6.45, 7) is 3.13. The van der Waals surface area contributed by atoms with Gasteiger partial charge in [0.15, 0.2) is 11.5 Å². The lowest BCUT2D eigenvalue weighted by atomic mass is 10.1. The third-order valence-electron chi connectivity index (χ3n) is 3.83. The van der Waals surface area contributed by atoms with Gasteiger partial charge in [0.25, 0.3) is 5.69 Å². The molecule has 1 aliphatic heterocycles. The molecular weight excluding hydrogens is 310 g/mol. The average molecular weight is 325 g/mol. The first-order valence-electron chi connectivity index (χ1n) is 7.44. The normalized spacial score (nSPS) is 11.8. The average Bonchev–Trinajstić information content (AvgIpc) is 3.06. The van der Waals surface area contributed by atoms with E-state index in [1.165, 1.54) is 12.1 Å². The summed E-state index contributed by atoms with van der Waals surface area (Å²) in [6, 6.07) is 12.0. The molecule has 1 aliphatic rings. The van der Waals surface area contributed by atoms with Gasteiger partial charge in [0.05, 0.1) is 16.6 Å². The largest absolute Gasteiger partial charge is 0.454 e. The van der Waals surface area contributed by atoms with Crippen molar-refractivity contribution in [2.75, 3.05) is 18.2 Å². The number of nitro benzene ring substituents is 1. The number of ether oxygens (including phenoxy) is 2. The molecule has 122 valence electrons. The fourth-order valence-electron chi connectivity index (χ4n) is 2.63. The van der Waals surface area contributed by atoms with E-state index in [-0.39, 0.29) is 12.5 Å². The van der Waals surface area contributed by atoms with Gasteiger partial charge < -0.3 is 14.4 Å². The quantitative estimate of drug-likeness (QED) is 0.619. The molecule has 0 fully saturated rings. The van der Waals surface area contributed by atoms with Crippen LogP contribution in [0.3, 0.4) is 0 Å². The van der Waals surface area contributed by atoms with Crippen molar-refractivity contribution in [3.8, 4) is 17.6 Å². The van der Waals surface area contributed by atoms with E-state index in [1.807, 2.05) is 36.1 Å². The number of fused-ring (bicyclic) bond motifs is 1. The number of nitro groups is 1. The Labute approximate surface area is 138 Å². The van der Waals surface area contributed by atoms with Crippen LogP contribution in [0.5, 0.6) is 11.5 Å². The van der Waals surface area contributed by atoms with Gasteiger partial charge >= 0.3 is 0 Å². The van der Waals surface area contributed by atoms with Gasteiger partial charge in [-0.15, -0.1) is 0 Å². The van der Waals surface area contributed by atoms with E-state index in [0.717, 1.165) is 5.56 Å². The van der Waals surface area contributed by atoms with E-state index in [2.05, 4.69) is 0 Å². The molecule has 0 saturated heterocycles. The molecule has 24 heavy (non-hydrogen) atoms. The summed E-state index contributed by atoms with van der Waals surface area (Å²) in [4.78, 5) is 12.7. The molecule has 0 saturated carbocycles. The number of nitrogens with zero attached hydrogens (tertiary/aromatic N) is 3. The maximum atomic E-state index is 11.3. The molecule has 7 nitrogen and oxygen atoms in total. The lowest BCUT2D eigenvalue weighted by molar-refractivity contribution is -0.384. The van der Waals surface area contributed by atoms with Crippen LogP contribution in [-0.4, -0.2) is 18.3 Å².